The van der Waals surface area contributed by atoms with Crippen LogP contribution in [0.25, 0.3) is 10.9 Å². The van der Waals surface area contributed by atoms with E-state index in [9.17, 15) is 53.4 Å². The number of aromatic hydroxyl groups is 1. The molecular weight excluding hydrogens is 1140 g/mol. The molecule has 4 aromatic rings. The number of hydrogen-bond acceptors (Lipinski definition) is 14. The third-order valence-electron chi connectivity index (χ3n) is 14.9. The predicted octanol–water partition coefficient (Wildman–Crippen LogP) is -0.820. The number of benzene rings is 2. The van der Waals surface area contributed by atoms with Gasteiger partial charge in [0.1, 0.15) is 54.1 Å². The average molecular weight is 1230 g/mol. The van der Waals surface area contributed by atoms with Gasteiger partial charge in [-0.2, -0.15) is 0 Å². The van der Waals surface area contributed by atoms with Gasteiger partial charge in [0.15, 0.2) is 11.9 Å². The molecule has 482 valence electrons. The van der Waals surface area contributed by atoms with Crippen LogP contribution in [-0.4, -0.2) is 158 Å². The predicted molar refractivity (Wildman–Crippen MR) is 331 cm³/mol. The molecule has 2 heterocycles. The molecule has 0 radical (unpaired) electrons. The number of aromatic amines is 2. The van der Waals surface area contributed by atoms with Crippen molar-refractivity contribution in [2.75, 3.05) is 13.1 Å². The Morgan fingerprint density at radius 2 is 1.08 bits per heavy atom. The summed E-state index contributed by atoms with van der Waals surface area (Å²) in [5.41, 5.74) is 30.4. The largest absolute Gasteiger partial charge is 0.508 e. The van der Waals surface area contributed by atoms with Crippen molar-refractivity contribution < 1.29 is 53.4 Å². The van der Waals surface area contributed by atoms with Crippen LogP contribution in [0.1, 0.15) is 110 Å². The molecule has 0 saturated heterocycles. The normalized spacial score (nSPS) is 15.0. The van der Waals surface area contributed by atoms with Gasteiger partial charge in [0.05, 0.1) is 12.4 Å². The molecule has 8 amide bonds. The fraction of sp³-hybridized carbons (Fsp3) is 0.525. The monoisotopic (exact) mass is 1230 g/mol. The Bertz CT molecular complexity index is 3020. The number of aliphatic carboxylic acids is 1. The minimum absolute atomic E-state index is 0.0242. The van der Waals surface area contributed by atoms with Crippen LogP contribution in [0, 0.1) is 17.8 Å². The molecule has 0 aliphatic rings. The lowest BCUT2D eigenvalue weighted by Gasteiger charge is -2.31. The average Bonchev–Trinajstić information content (AvgIpc) is 4.39. The minimum atomic E-state index is -1.41. The molecule has 0 spiro atoms. The van der Waals surface area contributed by atoms with Crippen LogP contribution in [0.15, 0.2) is 77.2 Å². The summed E-state index contributed by atoms with van der Waals surface area (Å²) < 4.78 is 0. The number of hydrogen-bond donors (Lipinski definition) is 17. The second-order valence-electron chi connectivity index (χ2n) is 22.5. The van der Waals surface area contributed by atoms with Crippen molar-refractivity contribution in [3.05, 3.63) is 84.1 Å². The van der Waals surface area contributed by atoms with E-state index in [1.807, 2.05) is 38.1 Å². The zero-order valence-electron chi connectivity index (χ0n) is 51.1. The SMILES string of the molecule is CC[C@H](C)[C@H](NC(=O)[C@H](C)NC(=O)[C@H](Cc1ccc(O)cc1)NC(=O)[C@@H](N)CCCN=C(N)N)C(=O)N[C@@H](Cc1c[nH]c2ccccc12)C(=O)N[C@H](C(=O)N[C@@H](CC(C)C)C(=O)N[C@@H](CCCN=C(N)N)C(=O)N[C@@H](Cc1cnc[nH]1)C(=O)O)[C@@H](C)CC. The molecule has 88 heavy (non-hydrogen) atoms. The summed E-state index contributed by atoms with van der Waals surface area (Å²) in [6.45, 7) is 12.4. The molecule has 11 atom stereocenters. The molecule has 2 aromatic carbocycles. The van der Waals surface area contributed by atoms with E-state index in [1.165, 1.54) is 31.6 Å². The second kappa shape index (κ2) is 35.4. The first-order valence-corrected chi connectivity index (χ1v) is 29.5. The number of phenols is 1. The molecular formula is C59H90N18O11. The molecule has 29 nitrogen and oxygen atoms in total. The van der Waals surface area contributed by atoms with Gasteiger partial charge >= 0.3 is 5.97 Å². The number of H-pyrrole nitrogens is 2. The summed E-state index contributed by atoms with van der Waals surface area (Å²) in [5, 5.41) is 42.4. The summed E-state index contributed by atoms with van der Waals surface area (Å²) in [4.78, 5) is 144. The van der Waals surface area contributed by atoms with Crippen LogP contribution in [0.5, 0.6) is 5.75 Å². The highest BCUT2D eigenvalue weighted by Gasteiger charge is 2.37. The zero-order chi connectivity index (χ0) is 65.2. The van der Waals surface area contributed by atoms with Gasteiger partial charge in [-0.15, -0.1) is 0 Å². The van der Waals surface area contributed by atoms with Crippen LogP contribution >= 0.6 is 0 Å². The number of aliphatic imine (C=N–C) groups is 2. The number of guanidine groups is 2. The van der Waals surface area contributed by atoms with Gasteiger partial charge in [0.25, 0.3) is 0 Å². The van der Waals surface area contributed by atoms with Crippen molar-refractivity contribution >= 4 is 76.0 Å². The van der Waals surface area contributed by atoms with Crippen molar-refractivity contribution in [2.45, 2.75) is 167 Å². The maximum Gasteiger partial charge on any atom is 0.326 e. The molecule has 0 bridgehead atoms. The maximum absolute atomic E-state index is 14.9. The van der Waals surface area contributed by atoms with E-state index in [2.05, 4.69) is 67.5 Å². The van der Waals surface area contributed by atoms with E-state index in [4.69, 9.17) is 28.7 Å². The van der Waals surface area contributed by atoms with E-state index < -0.39 is 119 Å². The van der Waals surface area contributed by atoms with Crippen molar-refractivity contribution in [2.24, 2.45) is 56.4 Å². The summed E-state index contributed by atoms with van der Waals surface area (Å²) >= 11 is 0. The van der Waals surface area contributed by atoms with Crippen LogP contribution < -0.4 is 71.2 Å². The molecule has 2 aromatic heterocycles. The first-order valence-electron chi connectivity index (χ1n) is 29.5. The number of fused-ring (bicyclic) bond motifs is 1. The number of nitrogens with one attached hydrogen (secondary N) is 10. The standard InChI is InChI=1S/C59H90N18O11/c1-8-32(5)47(76-49(79)34(7)70-52(82)44(25-35-18-20-38(78)21-19-35)72-50(80)40(60)15-12-22-66-58(61)62)55(85)74-45(26-36-28-68-41-16-11-10-14-39(36)41)54(84)77-48(33(6)9-2)56(86)73-43(24-31(3)4)53(83)71-42(17-13-23-67-59(63)64)51(81)75-46(57(87)88)27-37-29-65-30-69-37/h10-11,14,16,18-21,28-34,40,42-48,68,78H,8-9,12-13,15,17,22-27,60H2,1-7H3,(H,65,69)(H,70,82)(H,71,83)(H,72,80)(H,73,86)(H,74,85)(H,75,81)(H,76,79)(H,77,84)(H,87,88)(H4,61,62,66)(H4,63,64,67)/t32-,33-,34-,40-,42-,43-,44-,45-,46-,47-,48-/m0/s1. The highest BCUT2D eigenvalue weighted by molar-refractivity contribution is 5.99. The second-order valence-corrected chi connectivity index (χ2v) is 22.5. The lowest BCUT2D eigenvalue weighted by molar-refractivity contribution is -0.142. The Hall–Kier alpha value is -9.28. The Morgan fingerprint density at radius 1 is 0.568 bits per heavy atom. The Kier molecular flexibility index (Phi) is 28.6. The number of carbonyl (C=O) groups excluding carboxylic acids is 8. The van der Waals surface area contributed by atoms with Gasteiger partial charge < -0.3 is 91.4 Å². The zero-order valence-corrected chi connectivity index (χ0v) is 51.1. The Morgan fingerprint density at radius 3 is 1.65 bits per heavy atom. The van der Waals surface area contributed by atoms with Gasteiger partial charge in [-0.3, -0.25) is 48.3 Å². The quantitative estimate of drug-likeness (QED) is 0.0149. The number of carboxylic acid groups (broad SMARTS) is 1. The van der Waals surface area contributed by atoms with Crippen molar-refractivity contribution in [1.29, 1.82) is 0 Å². The highest BCUT2D eigenvalue weighted by atomic mass is 16.4. The van der Waals surface area contributed by atoms with Crippen LogP contribution in [-0.2, 0) is 62.4 Å². The molecule has 0 unspecified atom stereocenters. The molecule has 29 heteroatoms. The number of imidazole rings is 1. The van der Waals surface area contributed by atoms with Crippen molar-refractivity contribution in [3.63, 3.8) is 0 Å². The van der Waals surface area contributed by atoms with Crippen LogP contribution in [0.2, 0.25) is 0 Å². The fourth-order valence-corrected chi connectivity index (χ4v) is 9.41. The third kappa shape index (κ3) is 23.2. The molecule has 0 saturated carbocycles. The molecule has 22 N–H and O–H groups in total. The number of amides is 8. The van der Waals surface area contributed by atoms with Gasteiger partial charge in [0.2, 0.25) is 47.3 Å². The summed E-state index contributed by atoms with van der Waals surface area (Å²) in [7, 11) is 0. The number of nitrogens with zero attached hydrogens (tertiary/aromatic N) is 3. The molecule has 4 rings (SSSR count). The van der Waals surface area contributed by atoms with Gasteiger partial charge in [-0.25, -0.2) is 9.78 Å². The summed E-state index contributed by atoms with van der Waals surface area (Å²) in [5.74, 6) is -9.10. The summed E-state index contributed by atoms with van der Waals surface area (Å²) in [6.07, 6.45) is 5.64. The smallest absolute Gasteiger partial charge is 0.326 e. The number of rotatable bonds is 37. The van der Waals surface area contributed by atoms with Crippen molar-refractivity contribution in [1.82, 2.24) is 57.5 Å². The van der Waals surface area contributed by atoms with Crippen LogP contribution in [0.4, 0.5) is 0 Å². The van der Waals surface area contributed by atoms with Crippen LogP contribution in [0.3, 0.4) is 0 Å². The number of para-hydroxylation sites is 1. The van der Waals surface area contributed by atoms with Gasteiger partial charge in [0, 0.05) is 61.3 Å². The number of carbonyl (C=O) groups is 9. The third-order valence-corrected chi connectivity index (χ3v) is 14.9. The van der Waals surface area contributed by atoms with Crippen molar-refractivity contribution in [3.8, 4) is 5.75 Å². The van der Waals surface area contributed by atoms with E-state index >= 15 is 0 Å². The highest BCUT2D eigenvalue weighted by Crippen LogP contribution is 2.21. The number of phenolic OH excluding ortho intramolecular Hbond substituents is 1. The van der Waals surface area contributed by atoms with E-state index in [0.29, 0.717) is 36.1 Å². The topological polar surface area (TPSA) is 490 Å². The molecule has 0 aliphatic carbocycles. The number of aromatic nitrogens is 3. The van der Waals surface area contributed by atoms with Gasteiger partial charge in [-0.1, -0.05) is 84.7 Å². The minimum Gasteiger partial charge on any atom is -0.508 e. The summed E-state index contributed by atoms with van der Waals surface area (Å²) in [6, 6.07) is 1.69. The first kappa shape index (κ1) is 71.2. The first-order chi connectivity index (χ1) is 41.7. The lowest BCUT2D eigenvalue weighted by atomic mass is 9.95. The van der Waals surface area contributed by atoms with Gasteiger partial charge in [-0.05, 0) is 86.1 Å². The fourth-order valence-electron chi connectivity index (χ4n) is 9.41. The van der Waals surface area contributed by atoms with E-state index in [1.54, 1.807) is 46.0 Å². The number of carboxylic acids is 1. The maximum atomic E-state index is 14.9. The number of nitrogens with two attached hydrogens (primary N) is 5. The Balaban J connectivity index is 1.60. The van der Waals surface area contributed by atoms with E-state index in [0.717, 1.165) is 10.9 Å². The van der Waals surface area contributed by atoms with E-state index in [-0.39, 0.29) is 81.6 Å². The Labute approximate surface area is 511 Å². The molecule has 0 aliphatic heterocycles. The molecule has 0 fully saturated rings. The lowest BCUT2D eigenvalue weighted by Crippen LogP contribution is -2.62.